The van der Waals surface area contributed by atoms with Crippen LogP contribution in [0.15, 0.2) is 24.3 Å². The monoisotopic (exact) mass is 382 g/mol. The lowest BCUT2D eigenvalue weighted by molar-refractivity contribution is -0.253. The molecule has 2 fully saturated rings. The van der Waals surface area contributed by atoms with Crippen molar-refractivity contribution in [3.63, 3.8) is 0 Å². The largest absolute Gasteiger partial charge is 0.461 e. The number of alkyl halides is 4. The SMILES string of the molecule is Cl.FC(F)C(F)(F)Oc1ccc([C@H](C2CCC2)N2CCNCC2)cc1. The van der Waals surface area contributed by atoms with E-state index in [-0.39, 0.29) is 24.2 Å². The van der Waals surface area contributed by atoms with Crippen molar-refractivity contribution in [3.8, 4) is 5.75 Å². The van der Waals surface area contributed by atoms with Crippen LogP contribution >= 0.6 is 12.4 Å². The molecule has 0 amide bonds. The Labute approximate surface area is 151 Å². The first kappa shape index (κ1) is 20.3. The van der Waals surface area contributed by atoms with Gasteiger partial charge in [-0.15, -0.1) is 12.4 Å². The summed E-state index contributed by atoms with van der Waals surface area (Å²) in [5, 5.41) is 3.33. The standard InChI is InChI=1S/C17H22F4N2O.ClH/c18-16(19)17(20,21)24-14-6-4-13(5-7-14)15(12-2-1-3-12)23-10-8-22-9-11-23;/h4-7,12,15-16,22H,1-3,8-11H2;1H/t15-;/m0./s1. The van der Waals surface area contributed by atoms with E-state index in [0.717, 1.165) is 44.6 Å². The Hall–Kier alpha value is -1.05. The lowest BCUT2D eigenvalue weighted by Gasteiger charge is -2.43. The Morgan fingerprint density at radius 2 is 1.68 bits per heavy atom. The second-order valence-electron chi connectivity index (χ2n) is 6.46. The van der Waals surface area contributed by atoms with Crippen LogP contribution in [0.4, 0.5) is 17.6 Å². The topological polar surface area (TPSA) is 24.5 Å². The van der Waals surface area contributed by atoms with E-state index < -0.39 is 12.5 Å². The zero-order valence-electron chi connectivity index (χ0n) is 13.8. The fraction of sp³-hybridized carbons (Fsp3) is 0.647. The van der Waals surface area contributed by atoms with Gasteiger partial charge in [-0.3, -0.25) is 4.90 Å². The van der Waals surface area contributed by atoms with E-state index in [1.165, 1.54) is 18.6 Å². The summed E-state index contributed by atoms with van der Waals surface area (Å²) in [5.74, 6) is 0.328. The lowest BCUT2D eigenvalue weighted by atomic mass is 9.76. The van der Waals surface area contributed by atoms with Gasteiger partial charge in [0.2, 0.25) is 0 Å². The molecular weight excluding hydrogens is 360 g/mol. The quantitative estimate of drug-likeness (QED) is 0.750. The van der Waals surface area contributed by atoms with Crippen molar-refractivity contribution < 1.29 is 22.3 Å². The normalized spacial score (nSPS) is 20.7. The number of hydrogen-bond donors (Lipinski definition) is 1. The molecule has 0 radical (unpaired) electrons. The minimum atomic E-state index is -4.46. The predicted octanol–water partition coefficient (Wildman–Crippen LogP) is 4.09. The third-order valence-electron chi connectivity index (χ3n) is 4.87. The Bertz CT molecular complexity index is 534. The Morgan fingerprint density at radius 3 is 2.16 bits per heavy atom. The summed E-state index contributed by atoms with van der Waals surface area (Å²) in [5.41, 5.74) is 1.04. The van der Waals surface area contributed by atoms with E-state index in [0.29, 0.717) is 5.92 Å². The van der Waals surface area contributed by atoms with Gasteiger partial charge >= 0.3 is 12.5 Å². The molecule has 0 spiro atoms. The van der Waals surface area contributed by atoms with Crippen LogP contribution in [0.5, 0.6) is 5.75 Å². The number of piperazine rings is 1. The van der Waals surface area contributed by atoms with E-state index in [9.17, 15) is 17.6 Å². The molecule has 0 bridgehead atoms. The van der Waals surface area contributed by atoms with Crippen molar-refractivity contribution in [2.75, 3.05) is 26.2 Å². The summed E-state index contributed by atoms with van der Waals surface area (Å²) in [6.07, 6.45) is -4.77. The van der Waals surface area contributed by atoms with Crippen LogP contribution < -0.4 is 10.1 Å². The highest BCUT2D eigenvalue weighted by atomic mass is 35.5. The second-order valence-corrected chi connectivity index (χ2v) is 6.46. The number of nitrogens with zero attached hydrogens (tertiary/aromatic N) is 1. The number of halogens is 5. The third kappa shape index (κ3) is 4.77. The molecule has 1 heterocycles. The van der Waals surface area contributed by atoms with Crippen LogP contribution in [0.25, 0.3) is 0 Å². The number of benzene rings is 1. The van der Waals surface area contributed by atoms with E-state index in [1.54, 1.807) is 12.1 Å². The van der Waals surface area contributed by atoms with Gasteiger partial charge in [-0.05, 0) is 36.5 Å². The van der Waals surface area contributed by atoms with Crippen molar-refractivity contribution in [1.82, 2.24) is 10.2 Å². The summed E-state index contributed by atoms with van der Waals surface area (Å²) in [6, 6.07) is 6.42. The van der Waals surface area contributed by atoms with Gasteiger partial charge in [-0.2, -0.15) is 17.6 Å². The van der Waals surface area contributed by atoms with Crippen LogP contribution in [-0.4, -0.2) is 43.6 Å². The van der Waals surface area contributed by atoms with Crippen LogP contribution in [0, 0.1) is 5.92 Å². The van der Waals surface area contributed by atoms with Crippen molar-refractivity contribution in [2.45, 2.75) is 37.8 Å². The molecule has 1 aliphatic carbocycles. The highest BCUT2D eigenvalue weighted by Gasteiger charge is 2.44. The van der Waals surface area contributed by atoms with Gasteiger partial charge in [-0.25, -0.2) is 0 Å². The van der Waals surface area contributed by atoms with E-state index >= 15 is 0 Å². The first-order valence-electron chi connectivity index (χ1n) is 8.37. The molecule has 1 aromatic carbocycles. The van der Waals surface area contributed by atoms with Gasteiger partial charge in [0, 0.05) is 32.2 Å². The summed E-state index contributed by atoms with van der Waals surface area (Å²) < 4.78 is 54.6. The molecule has 1 atom stereocenters. The molecule has 1 saturated carbocycles. The van der Waals surface area contributed by atoms with E-state index in [1.807, 2.05) is 0 Å². The van der Waals surface area contributed by atoms with E-state index in [2.05, 4.69) is 15.0 Å². The van der Waals surface area contributed by atoms with Crippen molar-refractivity contribution in [3.05, 3.63) is 29.8 Å². The molecule has 0 aromatic heterocycles. The molecule has 0 unspecified atom stereocenters. The number of ether oxygens (including phenoxy) is 1. The number of nitrogens with one attached hydrogen (secondary N) is 1. The van der Waals surface area contributed by atoms with Crippen molar-refractivity contribution in [1.29, 1.82) is 0 Å². The Kier molecular flexibility index (Phi) is 6.93. The maximum atomic E-state index is 13.0. The zero-order valence-corrected chi connectivity index (χ0v) is 14.6. The summed E-state index contributed by atoms with van der Waals surface area (Å²) in [7, 11) is 0. The summed E-state index contributed by atoms with van der Waals surface area (Å²) in [4.78, 5) is 2.42. The molecule has 25 heavy (non-hydrogen) atoms. The molecule has 3 nitrogen and oxygen atoms in total. The van der Waals surface area contributed by atoms with Gasteiger partial charge in [0.15, 0.2) is 0 Å². The van der Waals surface area contributed by atoms with Gasteiger partial charge < -0.3 is 10.1 Å². The van der Waals surface area contributed by atoms with Crippen LogP contribution in [0.3, 0.4) is 0 Å². The molecule has 1 aromatic rings. The highest BCUT2D eigenvalue weighted by Crippen LogP contribution is 2.42. The highest BCUT2D eigenvalue weighted by molar-refractivity contribution is 5.85. The predicted molar refractivity (Wildman–Crippen MR) is 89.8 cm³/mol. The average molecular weight is 383 g/mol. The first-order valence-corrected chi connectivity index (χ1v) is 8.37. The molecule has 1 N–H and O–H groups in total. The second kappa shape index (κ2) is 8.56. The van der Waals surface area contributed by atoms with Gasteiger partial charge in [0.25, 0.3) is 0 Å². The smallest absolute Gasteiger partial charge is 0.428 e. The molecule has 3 rings (SSSR count). The summed E-state index contributed by atoms with van der Waals surface area (Å²) >= 11 is 0. The lowest BCUT2D eigenvalue weighted by Crippen LogP contribution is -2.47. The molecular formula is C17H23ClF4N2O. The maximum absolute atomic E-state index is 13.0. The van der Waals surface area contributed by atoms with Gasteiger partial charge in [0.1, 0.15) is 5.75 Å². The average Bonchev–Trinajstić information content (AvgIpc) is 2.52. The molecule has 1 saturated heterocycles. The Morgan fingerprint density at radius 1 is 1.08 bits per heavy atom. The van der Waals surface area contributed by atoms with Crippen LogP contribution in [-0.2, 0) is 0 Å². The van der Waals surface area contributed by atoms with Crippen molar-refractivity contribution >= 4 is 12.4 Å². The molecule has 1 aliphatic heterocycles. The van der Waals surface area contributed by atoms with E-state index in [4.69, 9.17) is 0 Å². The first-order chi connectivity index (χ1) is 11.5. The molecule has 2 aliphatic rings. The van der Waals surface area contributed by atoms with Crippen molar-refractivity contribution in [2.24, 2.45) is 5.92 Å². The number of hydrogen-bond acceptors (Lipinski definition) is 3. The van der Waals surface area contributed by atoms with Crippen LogP contribution in [0.2, 0.25) is 0 Å². The summed E-state index contributed by atoms with van der Waals surface area (Å²) in [6.45, 7) is 3.77. The van der Waals surface area contributed by atoms with Gasteiger partial charge in [0.05, 0.1) is 0 Å². The molecule has 8 heteroatoms. The fourth-order valence-corrected chi connectivity index (χ4v) is 3.43. The van der Waals surface area contributed by atoms with Crippen LogP contribution in [0.1, 0.15) is 30.9 Å². The number of rotatable bonds is 6. The third-order valence-corrected chi connectivity index (χ3v) is 4.87. The maximum Gasteiger partial charge on any atom is 0.461 e. The Balaban J connectivity index is 0.00000225. The fourth-order valence-electron chi connectivity index (χ4n) is 3.43. The molecule has 142 valence electrons. The minimum Gasteiger partial charge on any atom is -0.428 e. The van der Waals surface area contributed by atoms with Gasteiger partial charge in [-0.1, -0.05) is 18.6 Å². The zero-order chi connectivity index (χ0) is 17.2. The minimum absolute atomic E-state index is 0.